The maximum absolute atomic E-state index is 12.5. The molecule has 1 aromatic carbocycles. The molecule has 10 heteroatoms. The smallest absolute Gasteiger partial charge is 0.341 e. The molecule has 0 bridgehead atoms. The minimum Gasteiger partial charge on any atom is -0.454 e. The number of hydrogen-bond acceptors (Lipinski definition) is 7. The lowest BCUT2D eigenvalue weighted by molar-refractivity contribution is -0.136. The summed E-state index contributed by atoms with van der Waals surface area (Å²) in [6.45, 7) is -0.501. The Bertz CT molecular complexity index is 1010. The molecule has 1 fully saturated rings. The summed E-state index contributed by atoms with van der Waals surface area (Å²) in [6, 6.07) is 7.37. The third kappa shape index (κ3) is 4.77. The summed E-state index contributed by atoms with van der Waals surface area (Å²) in [5, 5.41) is 0.117. The number of imide groups is 1. The number of aromatic nitrogens is 1. The lowest BCUT2D eigenvalue weighted by Crippen LogP contribution is -2.26. The number of pyridine rings is 1. The van der Waals surface area contributed by atoms with Crippen LogP contribution >= 0.6 is 35.0 Å². The molecule has 3 rings (SSSR count). The van der Waals surface area contributed by atoms with Gasteiger partial charge in [-0.15, -0.1) is 0 Å². The number of halogens is 2. The Morgan fingerprint density at radius 2 is 2.00 bits per heavy atom. The fourth-order valence-electron chi connectivity index (χ4n) is 2.55. The Kier molecular flexibility index (Phi) is 6.56. The molecule has 1 aliphatic heterocycles. The van der Waals surface area contributed by atoms with Gasteiger partial charge in [-0.2, -0.15) is 0 Å². The van der Waals surface area contributed by atoms with Crippen LogP contribution in [0.2, 0.25) is 10.0 Å². The molecule has 0 aliphatic carbocycles. The molecule has 0 saturated carbocycles. The van der Waals surface area contributed by atoms with Crippen molar-refractivity contribution in [2.75, 3.05) is 13.7 Å². The number of ether oxygens (including phenoxy) is 1. The molecule has 1 unspecified atom stereocenters. The van der Waals surface area contributed by atoms with E-state index < -0.39 is 23.6 Å². The summed E-state index contributed by atoms with van der Waals surface area (Å²) >= 11 is 12.7. The number of Topliss-reactive ketones (excluding diaryl/α,β-unsaturated/α-hetero) is 1. The predicted molar refractivity (Wildman–Crippen MR) is 107 cm³/mol. The van der Waals surface area contributed by atoms with Gasteiger partial charge in [-0.1, -0.05) is 35.0 Å². The second-order valence-corrected chi connectivity index (χ2v) is 8.09. The van der Waals surface area contributed by atoms with Crippen LogP contribution in [0.25, 0.3) is 0 Å². The first-order valence-electron chi connectivity index (χ1n) is 8.35. The molecule has 0 spiro atoms. The molecule has 1 aliphatic rings. The van der Waals surface area contributed by atoms with Crippen molar-refractivity contribution in [1.29, 1.82) is 0 Å². The van der Waals surface area contributed by atoms with Crippen molar-refractivity contribution in [2.24, 2.45) is 0 Å². The van der Waals surface area contributed by atoms with E-state index in [-0.39, 0.29) is 39.4 Å². The van der Waals surface area contributed by atoms with Gasteiger partial charge in [0.1, 0.15) is 5.03 Å². The van der Waals surface area contributed by atoms with Gasteiger partial charge in [-0.3, -0.25) is 19.3 Å². The number of esters is 1. The lowest BCUT2D eigenvalue weighted by atomic mass is 10.1. The zero-order valence-electron chi connectivity index (χ0n) is 15.1. The fourth-order valence-corrected chi connectivity index (χ4v) is 4.00. The van der Waals surface area contributed by atoms with Crippen molar-refractivity contribution >= 4 is 58.5 Å². The van der Waals surface area contributed by atoms with E-state index in [0.717, 1.165) is 16.7 Å². The number of thioether (sulfide) groups is 1. The molecular formula is C19H14Cl2N2O5S. The monoisotopic (exact) mass is 452 g/mol. The maximum Gasteiger partial charge on any atom is 0.341 e. The molecule has 2 amide bonds. The minimum atomic E-state index is -0.765. The van der Waals surface area contributed by atoms with Crippen molar-refractivity contribution < 1.29 is 23.9 Å². The number of amides is 2. The van der Waals surface area contributed by atoms with Crippen molar-refractivity contribution in [1.82, 2.24) is 9.88 Å². The molecular weight excluding hydrogens is 439 g/mol. The highest BCUT2D eigenvalue weighted by Crippen LogP contribution is 2.32. The molecule has 29 heavy (non-hydrogen) atoms. The van der Waals surface area contributed by atoms with Crippen molar-refractivity contribution in [2.45, 2.75) is 16.7 Å². The van der Waals surface area contributed by atoms with E-state index in [1.165, 1.54) is 43.6 Å². The number of ketones is 1. The SMILES string of the molecule is CN1C(=O)CC(Sc2ncccc2C(=O)OCC(=O)c2ccc(Cl)c(Cl)c2)C1=O. The summed E-state index contributed by atoms with van der Waals surface area (Å²) in [4.78, 5) is 53.7. The number of nitrogens with zero attached hydrogens (tertiary/aromatic N) is 2. The molecule has 1 saturated heterocycles. The normalized spacial score (nSPS) is 16.2. The van der Waals surface area contributed by atoms with Gasteiger partial charge in [-0.05, 0) is 30.3 Å². The van der Waals surface area contributed by atoms with E-state index in [1.54, 1.807) is 0 Å². The van der Waals surface area contributed by atoms with Crippen LogP contribution in [0, 0.1) is 0 Å². The second-order valence-electron chi connectivity index (χ2n) is 6.09. The summed E-state index contributed by atoms with van der Waals surface area (Å²) in [5.41, 5.74) is 0.361. The van der Waals surface area contributed by atoms with Gasteiger partial charge < -0.3 is 4.74 Å². The molecule has 0 N–H and O–H groups in total. The first kappa shape index (κ1) is 21.3. The average Bonchev–Trinajstić information content (AvgIpc) is 2.95. The highest BCUT2D eigenvalue weighted by molar-refractivity contribution is 8.00. The topological polar surface area (TPSA) is 93.6 Å². The molecule has 1 atom stereocenters. The van der Waals surface area contributed by atoms with E-state index in [2.05, 4.69) is 4.98 Å². The Balaban J connectivity index is 1.68. The summed E-state index contributed by atoms with van der Waals surface area (Å²) in [6.07, 6.45) is 1.49. The summed E-state index contributed by atoms with van der Waals surface area (Å²) < 4.78 is 5.11. The predicted octanol–water partition coefficient (Wildman–Crippen LogP) is 3.28. The minimum absolute atomic E-state index is 0.0286. The standard InChI is InChI=1S/C19H14Cl2N2O5S/c1-23-16(25)8-15(18(23)26)29-17-11(3-2-6-22-17)19(27)28-9-14(24)10-4-5-12(20)13(21)7-10/h2-7,15H,8-9H2,1H3. The van der Waals surface area contributed by atoms with Gasteiger partial charge in [-0.25, -0.2) is 9.78 Å². The van der Waals surface area contributed by atoms with Crippen molar-refractivity contribution in [3.63, 3.8) is 0 Å². The largest absolute Gasteiger partial charge is 0.454 e. The summed E-state index contributed by atoms with van der Waals surface area (Å²) in [5.74, 6) is -1.85. The van der Waals surface area contributed by atoms with Crippen LogP contribution < -0.4 is 0 Å². The molecule has 2 aromatic rings. The van der Waals surface area contributed by atoms with Crippen LogP contribution in [0.4, 0.5) is 0 Å². The third-order valence-corrected chi connectivity index (χ3v) is 6.10. The zero-order chi connectivity index (χ0) is 21.1. The second kappa shape index (κ2) is 8.94. The van der Waals surface area contributed by atoms with Gasteiger partial charge in [0.2, 0.25) is 11.8 Å². The van der Waals surface area contributed by atoms with Crippen LogP contribution in [-0.2, 0) is 14.3 Å². The average molecular weight is 453 g/mol. The molecule has 0 radical (unpaired) electrons. The van der Waals surface area contributed by atoms with E-state index in [1.807, 2.05) is 0 Å². The number of carbonyl (C=O) groups is 4. The number of rotatable bonds is 6. The Hall–Kier alpha value is -2.42. The first-order chi connectivity index (χ1) is 13.8. The van der Waals surface area contributed by atoms with E-state index in [4.69, 9.17) is 27.9 Å². The van der Waals surface area contributed by atoms with Crippen molar-refractivity contribution in [3.8, 4) is 0 Å². The van der Waals surface area contributed by atoms with E-state index in [0.29, 0.717) is 5.02 Å². The molecule has 7 nitrogen and oxygen atoms in total. The van der Waals surface area contributed by atoms with E-state index in [9.17, 15) is 19.2 Å². The highest BCUT2D eigenvalue weighted by atomic mass is 35.5. The van der Waals surface area contributed by atoms with Gasteiger partial charge in [0.25, 0.3) is 0 Å². The van der Waals surface area contributed by atoms with Gasteiger partial charge in [0.05, 0.1) is 20.9 Å². The molecule has 2 heterocycles. The van der Waals surface area contributed by atoms with Crippen LogP contribution in [-0.4, -0.2) is 52.4 Å². The van der Waals surface area contributed by atoms with Crippen molar-refractivity contribution in [3.05, 3.63) is 57.7 Å². The Labute approximate surface area is 180 Å². The van der Waals surface area contributed by atoms with Gasteiger partial charge in [0, 0.05) is 25.2 Å². The van der Waals surface area contributed by atoms with Crippen LogP contribution in [0.1, 0.15) is 27.1 Å². The number of likely N-dealkylation sites (tertiary alicyclic amines) is 1. The Morgan fingerprint density at radius 3 is 2.66 bits per heavy atom. The van der Waals surface area contributed by atoms with Crippen LogP contribution in [0.3, 0.4) is 0 Å². The zero-order valence-corrected chi connectivity index (χ0v) is 17.4. The fraction of sp³-hybridized carbons (Fsp3) is 0.211. The van der Waals surface area contributed by atoms with E-state index >= 15 is 0 Å². The molecule has 150 valence electrons. The van der Waals surface area contributed by atoms with Crippen LogP contribution in [0.5, 0.6) is 0 Å². The number of hydrogen-bond donors (Lipinski definition) is 0. The lowest BCUT2D eigenvalue weighted by Gasteiger charge is -2.11. The van der Waals surface area contributed by atoms with Crippen LogP contribution in [0.15, 0.2) is 41.6 Å². The van der Waals surface area contributed by atoms with Gasteiger partial charge in [0.15, 0.2) is 12.4 Å². The quantitative estimate of drug-likeness (QED) is 0.377. The number of benzene rings is 1. The summed E-state index contributed by atoms with van der Waals surface area (Å²) in [7, 11) is 1.41. The number of carbonyl (C=O) groups excluding carboxylic acids is 4. The molecule has 1 aromatic heterocycles. The third-order valence-electron chi connectivity index (χ3n) is 4.16. The Morgan fingerprint density at radius 1 is 1.24 bits per heavy atom. The highest BCUT2D eigenvalue weighted by Gasteiger charge is 2.37. The first-order valence-corrected chi connectivity index (χ1v) is 9.99. The van der Waals surface area contributed by atoms with Gasteiger partial charge >= 0.3 is 5.97 Å². The maximum atomic E-state index is 12.5.